The van der Waals surface area contributed by atoms with E-state index in [1.807, 2.05) is 12.1 Å². The molecule has 0 radical (unpaired) electrons. The second-order valence-corrected chi connectivity index (χ2v) is 11.8. The maximum absolute atomic E-state index is 12.1. The van der Waals surface area contributed by atoms with Crippen molar-refractivity contribution in [1.29, 1.82) is 0 Å². The fourth-order valence-corrected chi connectivity index (χ4v) is 7.85. The number of benzene rings is 1. The molecule has 0 unspecified atom stereocenters. The number of fused-ring (bicyclic) bond motifs is 5. The molecule has 35 heavy (non-hydrogen) atoms. The van der Waals surface area contributed by atoms with Gasteiger partial charge in [0.15, 0.2) is 6.61 Å². The van der Waals surface area contributed by atoms with E-state index in [9.17, 15) is 15.0 Å². The van der Waals surface area contributed by atoms with Gasteiger partial charge >= 0.3 is 0 Å². The molecular formula is C29H40N2O4. The van der Waals surface area contributed by atoms with Crippen molar-refractivity contribution >= 4 is 11.6 Å². The van der Waals surface area contributed by atoms with Crippen LogP contribution in [0, 0.1) is 28.6 Å². The van der Waals surface area contributed by atoms with Gasteiger partial charge in [0.25, 0.3) is 5.91 Å². The molecule has 0 spiro atoms. The summed E-state index contributed by atoms with van der Waals surface area (Å²) in [4.78, 5) is 17.6. The maximum Gasteiger partial charge on any atom is 0.260 e. The maximum atomic E-state index is 12.1. The van der Waals surface area contributed by atoms with Gasteiger partial charge in [-0.05, 0) is 110 Å². The minimum absolute atomic E-state index is 0.0766. The van der Waals surface area contributed by atoms with Crippen LogP contribution < -0.4 is 5.32 Å². The molecule has 4 aliphatic rings. The van der Waals surface area contributed by atoms with Crippen LogP contribution in [0.1, 0.15) is 70.8 Å². The van der Waals surface area contributed by atoms with E-state index in [1.165, 1.54) is 24.8 Å². The number of nitrogens with zero attached hydrogens (tertiary/aromatic N) is 1. The molecule has 3 N–H and O–H groups in total. The molecule has 1 aromatic rings. The molecule has 5 rings (SSSR count). The number of hydrogen-bond acceptors (Lipinski definition) is 5. The second kappa shape index (κ2) is 9.61. The van der Waals surface area contributed by atoms with Crippen molar-refractivity contribution in [3.05, 3.63) is 41.5 Å². The van der Waals surface area contributed by atoms with Crippen molar-refractivity contribution in [2.45, 2.75) is 77.7 Å². The minimum atomic E-state index is -0.175. The van der Waals surface area contributed by atoms with E-state index in [0.29, 0.717) is 24.8 Å². The van der Waals surface area contributed by atoms with Crippen molar-refractivity contribution in [2.24, 2.45) is 33.7 Å². The zero-order valence-corrected chi connectivity index (χ0v) is 21.1. The van der Waals surface area contributed by atoms with E-state index < -0.39 is 0 Å². The number of aliphatic hydroxyl groups is 1. The number of nitrogens with one attached hydrogen (secondary N) is 1. The molecule has 0 heterocycles. The topological polar surface area (TPSA) is 91.2 Å². The summed E-state index contributed by atoms with van der Waals surface area (Å²) in [5, 5.41) is 27.2. The summed E-state index contributed by atoms with van der Waals surface area (Å²) in [6, 6.07) is 7.00. The fourth-order valence-electron chi connectivity index (χ4n) is 7.85. The van der Waals surface area contributed by atoms with Crippen LogP contribution in [0.15, 0.2) is 41.1 Å². The van der Waals surface area contributed by atoms with Gasteiger partial charge in [-0.15, -0.1) is 0 Å². The van der Waals surface area contributed by atoms with Crippen LogP contribution >= 0.6 is 0 Å². The molecule has 0 bridgehead atoms. The molecule has 0 aromatic heterocycles. The van der Waals surface area contributed by atoms with E-state index in [1.54, 1.807) is 12.1 Å². The largest absolute Gasteiger partial charge is 0.508 e. The van der Waals surface area contributed by atoms with Gasteiger partial charge in [0.2, 0.25) is 0 Å². The molecular weight excluding hydrogens is 440 g/mol. The first kappa shape index (κ1) is 24.4. The smallest absolute Gasteiger partial charge is 0.260 e. The van der Waals surface area contributed by atoms with Crippen LogP contribution in [0.4, 0.5) is 0 Å². The van der Waals surface area contributed by atoms with Gasteiger partial charge in [0, 0.05) is 6.54 Å². The molecule has 6 atom stereocenters. The Hall–Kier alpha value is -2.34. The quantitative estimate of drug-likeness (QED) is 0.513. The Morgan fingerprint density at radius 1 is 1.09 bits per heavy atom. The Labute approximate surface area is 208 Å². The molecule has 3 fully saturated rings. The van der Waals surface area contributed by atoms with E-state index in [-0.39, 0.29) is 35.2 Å². The first-order valence-electron chi connectivity index (χ1n) is 13.4. The lowest BCUT2D eigenvalue weighted by molar-refractivity contribution is -0.125. The summed E-state index contributed by atoms with van der Waals surface area (Å²) in [6.07, 6.45) is 11.7. The number of allylic oxidation sites excluding steroid dienone is 2. The number of rotatable bonds is 6. The highest BCUT2D eigenvalue weighted by molar-refractivity contribution is 5.96. The van der Waals surface area contributed by atoms with Gasteiger partial charge in [-0.2, -0.15) is 0 Å². The summed E-state index contributed by atoms with van der Waals surface area (Å²) >= 11 is 0. The Morgan fingerprint density at radius 2 is 1.89 bits per heavy atom. The van der Waals surface area contributed by atoms with E-state index in [0.717, 1.165) is 49.3 Å². The average molecular weight is 481 g/mol. The Kier molecular flexibility index (Phi) is 6.69. The highest BCUT2D eigenvalue weighted by Gasteiger charge is 2.58. The number of carbonyl (C=O) groups is 1. The zero-order chi connectivity index (χ0) is 24.6. The molecule has 0 saturated heterocycles. The third-order valence-corrected chi connectivity index (χ3v) is 9.98. The molecule has 1 aromatic carbocycles. The van der Waals surface area contributed by atoms with Gasteiger partial charge in [-0.3, -0.25) is 4.79 Å². The summed E-state index contributed by atoms with van der Waals surface area (Å²) in [5.74, 6) is 2.17. The Bertz CT molecular complexity index is 1000. The van der Waals surface area contributed by atoms with Gasteiger partial charge in [0.05, 0.1) is 11.8 Å². The van der Waals surface area contributed by atoms with Gasteiger partial charge in [0.1, 0.15) is 5.75 Å². The monoisotopic (exact) mass is 480 g/mol. The van der Waals surface area contributed by atoms with Crippen LogP contribution in [0.2, 0.25) is 0 Å². The minimum Gasteiger partial charge on any atom is -0.508 e. The number of carbonyl (C=O) groups excluding carboxylic acids is 1. The molecule has 190 valence electrons. The number of phenols is 1. The fraction of sp³-hybridized carbons (Fsp3) is 0.655. The summed E-state index contributed by atoms with van der Waals surface area (Å²) < 4.78 is 0. The van der Waals surface area contributed by atoms with E-state index >= 15 is 0 Å². The Balaban J connectivity index is 1.14. The lowest BCUT2D eigenvalue weighted by Crippen LogP contribution is -2.51. The van der Waals surface area contributed by atoms with Gasteiger partial charge in [-0.1, -0.05) is 36.7 Å². The average Bonchev–Trinajstić information content (AvgIpc) is 3.15. The SMILES string of the molecule is C[C@]12CC[C@@H]3[C@H](CCC4=CC(=NOCC(=O)NCCc5ccc(O)cc5)CC[C@@]43C)[C@H]1CC[C@H]2O. The lowest BCUT2D eigenvalue weighted by Gasteiger charge is -2.57. The van der Waals surface area contributed by atoms with Crippen LogP contribution in [-0.2, 0) is 16.1 Å². The first-order chi connectivity index (χ1) is 16.8. The van der Waals surface area contributed by atoms with Crippen molar-refractivity contribution < 1.29 is 19.8 Å². The number of hydrogen-bond donors (Lipinski definition) is 3. The number of phenolic OH excluding ortho intramolecular Hbond substituents is 1. The van der Waals surface area contributed by atoms with Crippen molar-refractivity contribution in [3.63, 3.8) is 0 Å². The van der Waals surface area contributed by atoms with Crippen molar-refractivity contribution in [3.8, 4) is 5.75 Å². The highest BCUT2D eigenvalue weighted by Crippen LogP contribution is 2.65. The third kappa shape index (κ3) is 4.62. The normalized spacial score (nSPS) is 37.1. The van der Waals surface area contributed by atoms with Gasteiger partial charge < -0.3 is 20.4 Å². The highest BCUT2D eigenvalue weighted by atomic mass is 16.6. The standard InChI is InChI=1S/C29H40N2O4/c1-28-14-11-21(31-35-18-27(34)30-16-13-19-3-6-22(32)7-4-19)17-20(28)5-8-23-24-9-10-26(33)29(24,2)15-12-25(23)28/h3-4,6-7,17,23-26,32-33H,5,8-16,18H2,1-2H3,(H,30,34)/t23-,24-,25-,26-,28+,29+/m1/s1. The van der Waals surface area contributed by atoms with Gasteiger partial charge in [-0.25, -0.2) is 0 Å². The predicted molar refractivity (Wildman–Crippen MR) is 136 cm³/mol. The summed E-state index contributed by atoms with van der Waals surface area (Å²) in [6.45, 7) is 5.24. The summed E-state index contributed by atoms with van der Waals surface area (Å²) in [5.41, 5.74) is 3.86. The number of aromatic hydroxyl groups is 1. The third-order valence-electron chi connectivity index (χ3n) is 9.98. The summed E-state index contributed by atoms with van der Waals surface area (Å²) in [7, 11) is 0. The van der Waals surface area contributed by atoms with E-state index in [2.05, 4.69) is 30.4 Å². The molecule has 6 heteroatoms. The molecule has 0 aliphatic heterocycles. The molecule has 3 saturated carbocycles. The molecule has 6 nitrogen and oxygen atoms in total. The Morgan fingerprint density at radius 3 is 2.69 bits per heavy atom. The predicted octanol–water partition coefficient (Wildman–Crippen LogP) is 4.75. The van der Waals surface area contributed by atoms with Crippen LogP contribution in [0.25, 0.3) is 0 Å². The zero-order valence-electron chi connectivity index (χ0n) is 21.1. The second-order valence-electron chi connectivity index (χ2n) is 11.8. The van der Waals surface area contributed by atoms with Crippen LogP contribution in [-0.4, -0.2) is 41.1 Å². The van der Waals surface area contributed by atoms with Crippen LogP contribution in [0.3, 0.4) is 0 Å². The number of aliphatic hydroxyl groups excluding tert-OH is 1. The first-order valence-corrected chi connectivity index (χ1v) is 13.4. The molecule has 4 aliphatic carbocycles. The van der Waals surface area contributed by atoms with E-state index in [4.69, 9.17) is 4.84 Å². The van der Waals surface area contributed by atoms with Crippen molar-refractivity contribution in [1.82, 2.24) is 5.32 Å². The van der Waals surface area contributed by atoms with Crippen molar-refractivity contribution in [2.75, 3.05) is 13.2 Å². The molecule has 1 amide bonds. The number of oxime groups is 1. The number of amides is 1. The lowest BCUT2D eigenvalue weighted by atomic mass is 9.47. The van der Waals surface area contributed by atoms with Crippen LogP contribution in [0.5, 0.6) is 5.75 Å².